The second-order valence-corrected chi connectivity index (χ2v) is 9.61. The third-order valence-electron chi connectivity index (χ3n) is 6.62. The minimum absolute atomic E-state index is 0.212. The molecular formula is C31H24N4O6. The molecule has 0 unspecified atom stereocenters. The molecule has 10 nitrogen and oxygen atoms in total. The van der Waals surface area contributed by atoms with Crippen LogP contribution in [0.15, 0.2) is 60.7 Å². The largest absolute Gasteiger partial charge is 0.516 e. The molecule has 0 radical (unpaired) electrons. The number of aromatic nitrogens is 4. The summed E-state index contributed by atoms with van der Waals surface area (Å²) < 4.78 is 21.0. The van der Waals surface area contributed by atoms with Crippen LogP contribution < -0.4 is 9.47 Å². The molecular weight excluding hydrogens is 524 g/mol. The third-order valence-corrected chi connectivity index (χ3v) is 6.62. The first kappa shape index (κ1) is 25.9. The van der Waals surface area contributed by atoms with Crippen molar-refractivity contribution in [3.8, 4) is 11.5 Å². The third kappa shape index (κ3) is 4.91. The number of benzene rings is 4. The van der Waals surface area contributed by atoms with Crippen LogP contribution in [-0.2, 0) is 9.47 Å². The lowest BCUT2D eigenvalue weighted by atomic mass is 10.1. The Labute approximate surface area is 233 Å². The molecule has 4 aromatic carbocycles. The van der Waals surface area contributed by atoms with Gasteiger partial charge in [-0.25, -0.2) is 29.5 Å². The Bertz CT molecular complexity index is 1880. The van der Waals surface area contributed by atoms with E-state index in [0.717, 1.165) is 22.2 Å². The molecule has 0 aliphatic carbocycles. The fraction of sp³-hybridized carbons (Fsp3) is 0.161. The second kappa shape index (κ2) is 10.3. The number of aryl methyl sites for hydroxylation is 4. The molecule has 6 aromatic rings. The molecule has 6 rings (SSSR count). The smallest absolute Gasteiger partial charge is 0.396 e. The van der Waals surface area contributed by atoms with Crippen molar-refractivity contribution in [1.29, 1.82) is 0 Å². The molecule has 2 aromatic heterocycles. The molecule has 10 heteroatoms. The number of ether oxygens (including phenoxy) is 4. The maximum Gasteiger partial charge on any atom is 0.516 e. The Balaban J connectivity index is 1.16. The second-order valence-electron chi connectivity index (χ2n) is 9.61. The number of hydrogen-bond donors (Lipinski definition) is 0. The van der Waals surface area contributed by atoms with E-state index in [2.05, 4.69) is 19.9 Å². The predicted octanol–water partition coefficient (Wildman–Crippen LogP) is 6.80. The van der Waals surface area contributed by atoms with Crippen LogP contribution in [0.1, 0.15) is 22.3 Å². The van der Waals surface area contributed by atoms with Crippen LogP contribution in [0.4, 0.5) is 9.59 Å². The lowest BCUT2D eigenvalue weighted by molar-refractivity contribution is -0.0106. The van der Waals surface area contributed by atoms with Gasteiger partial charge in [0.05, 0.1) is 33.1 Å². The Kier molecular flexibility index (Phi) is 6.50. The number of hydrogen-bond acceptors (Lipinski definition) is 10. The van der Waals surface area contributed by atoms with E-state index in [1.165, 1.54) is 0 Å². The highest BCUT2D eigenvalue weighted by Crippen LogP contribution is 2.33. The highest BCUT2D eigenvalue weighted by Gasteiger charge is 2.20. The molecule has 0 amide bonds. The van der Waals surface area contributed by atoms with Crippen molar-refractivity contribution >= 4 is 56.4 Å². The summed E-state index contributed by atoms with van der Waals surface area (Å²) in [5.74, 6) is 0.424. The zero-order valence-electron chi connectivity index (χ0n) is 22.7. The maximum atomic E-state index is 12.5. The lowest BCUT2D eigenvalue weighted by Crippen LogP contribution is -2.19. The van der Waals surface area contributed by atoms with Gasteiger partial charge in [0.1, 0.15) is 11.0 Å². The molecule has 0 fully saturated rings. The van der Waals surface area contributed by atoms with E-state index in [4.69, 9.17) is 18.9 Å². The lowest BCUT2D eigenvalue weighted by Gasteiger charge is -2.14. The molecule has 204 valence electrons. The highest BCUT2D eigenvalue weighted by atomic mass is 16.8. The Morgan fingerprint density at radius 3 is 1.24 bits per heavy atom. The average molecular weight is 549 g/mol. The SMILES string of the molecule is Cc1cc(C)c2nc3ccccc3nc2c1OC(=O)OCOC(=O)Oc1c(C)cc(C)c2nc3ccccc3nc12. The number of carbonyl (C=O) groups is 2. The Morgan fingerprint density at radius 2 is 0.878 bits per heavy atom. The number of nitrogens with zero attached hydrogens (tertiary/aromatic N) is 4. The van der Waals surface area contributed by atoms with Crippen molar-refractivity contribution in [1.82, 2.24) is 19.9 Å². The molecule has 2 heterocycles. The van der Waals surface area contributed by atoms with Crippen LogP contribution >= 0.6 is 0 Å². The van der Waals surface area contributed by atoms with Crippen LogP contribution in [0.5, 0.6) is 11.5 Å². The Hall–Kier alpha value is -5.38. The van der Waals surface area contributed by atoms with Crippen LogP contribution in [0.3, 0.4) is 0 Å². The van der Waals surface area contributed by atoms with Crippen LogP contribution in [0, 0.1) is 27.7 Å². The number of rotatable bonds is 4. The number of carbonyl (C=O) groups excluding carboxylic acids is 2. The van der Waals surface area contributed by atoms with Crippen molar-refractivity contribution in [3.63, 3.8) is 0 Å². The van der Waals surface area contributed by atoms with E-state index in [0.29, 0.717) is 44.2 Å². The van der Waals surface area contributed by atoms with E-state index in [-0.39, 0.29) is 11.5 Å². The minimum atomic E-state index is -1.07. The average Bonchev–Trinajstić information content (AvgIpc) is 2.96. The summed E-state index contributed by atoms with van der Waals surface area (Å²) in [7, 11) is 0. The monoisotopic (exact) mass is 548 g/mol. The quantitative estimate of drug-likeness (QED) is 0.101. The predicted molar refractivity (Wildman–Crippen MR) is 152 cm³/mol. The van der Waals surface area contributed by atoms with Crippen LogP contribution in [0.25, 0.3) is 44.1 Å². The van der Waals surface area contributed by atoms with Crippen molar-refractivity contribution in [3.05, 3.63) is 82.9 Å². The fourth-order valence-electron chi connectivity index (χ4n) is 4.77. The van der Waals surface area contributed by atoms with Gasteiger partial charge in [-0.15, -0.1) is 0 Å². The van der Waals surface area contributed by atoms with E-state index >= 15 is 0 Å². The van der Waals surface area contributed by atoms with Gasteiger partial charge in [0, 0.05) is 0 Å². The summed E-state index contributed by atoms with van der Waals surface area (Å²) in [4.78, 5) is 43.7. The fourth-order valence-corrected chi connectivity index (χ4v) is 4.77. The normalized spacial score (nSPS) is 11.2. The van der Waals surface area contributed by atoms with Gasteiger partial charge in [0.15, 0.2) is 11.5 Å². The van der Waals surface area contributed by atoms with E-state index in [1.807, 2.05) is 74.5 Å². The van der Waals surface area contributed by atoms with Crippen molar-refractivity contribution in [2.45, 2.75) is 27.7 Å². The van der Waals surface area contributed by atoms with Crippen LogP contribution in [0.2, 0.25) is 0 Å². The van der Waals surface area contributed by atoms with Gasteiger partial charge in [0.2, 0.25) is 6.79 Å². The molecule has 0 aliphatic rings. The van der Waals surface area contributed by atoms with E-state index < -0.39 is 19.1 Å². The summed E-state index contributed by atoms with van der Waals surface area (Å²) >= 11 is 0. The first-order chi connectivity index (χ1) is 19.8. The highest BCUT2D eigenvalue weighted by molar-refractivity contribution is 5.94. The van der Waals surface area contributed by atoms with Gasteiger partial charge in [-0.3, -0.25) is 0 Å². The molecule has 0 bridgehead atoms. The summed E-state index contributed by atoms with van der Waals surface area (Å²) in [6.45, 7) is 6.67. The Morgan fingerprint density at radius 1 is 0.537 bits per heavy atom. The van der Waals surface area contributed by atoms with Crippen LogP contribution in [-0.4, -0.2) is 39.0 Å². The summed E-state index contributed by atoms with van der Waals surface area (Å²) in [6.07, 6.45) is -2.15. The van der Waals surface area contributed by atoms with Gasteiger partial charge in [-0.05, 0) is 74.2 Å². The topological polar surface area (TPSA) is 123 Å². The molecule has 41 heavy (non-hydrogen) atoms. The van der Waals surface area contributed by atoms with Gasteiger partial charge >= 0.3 is 12.3 Å². The van der Waals surface area contributed by atoms with Gasteiger partial charge < -0.3 is 18.9 Å². The first-order valence-corrected chi connectivity index (χ1v) is 12.8. The zero-order chi connectivity index (χ0) is 28.7. The molecule has 0 spiro atoms. The molecule has 0 aliphatic heterocycles. The standard InChI is InChI=1S/C31H24N4O6/c1-16-13-18(3)28(26-24(16)32-20-9-5-7-11-22(20)34-26)40-30(36)38-15-39-31(37)41-29-19(4)14-17(2)25-27(29)35-23-12-8-6-10-21(23)33-25/h5-14H,15H2,1-4H3. The molecule has 0 saturated heterocycles. The maximum absolute atomic E-state index is 12.5. The summed E-state index contributed by atoms with van der Waals surface area (Å²) in [5, 5.41) is 0. The van der Waals surface area contributed by atoms with Crippen molar-refractivity contribution in [2.24, 2.45) is 0 Å². The van der Waals surface area contributed by atoms with Crippen molar-refractivity contribution < 1.29 is 28.5 Å². The summed E-state index contributed by atoms with van der Waals surface area (Å²) in [5.41, 5.74) is 7.95. The van der Waals surface area contributed by atoms with Gasteiger partial charge in [0.25, 0.3) is 0 Å². The van der Waals surface area contributed by atoms with Gasteiger partial charge in [-0.1, -0.05) is 36.4 Å². The van der Waals surface area contributed by atoms with Crippen molar-refractivity contribution in [2.75, 3.05) is 6.79 Å². The first-order valence-electron chi connectivity index (χ1n) is 12.8. The van der Waals surface area contributed by atoms with E-state index in [9.17, 15) is 9.59 Å². The number of fused-ring (bicyclic) bond motifs is 4. The molecule has 0 N–H and O–H groups in total. The molecule has 0 atom stereocenters. The summed E-state index contributed by atoms with van der Waals surface area (Å²) in [6, 6.07) is 18.5. The zero-order valence-corrected chi connectivity index (χ0v) is 22.7. The molecule has 0 saturated carbocycles. The minimum Gasteiger partial charge on any atom is -0.396 e. The van der Waals surface area contributed by atoms with E-state index in [1.54, 1.807) is 13.8 Å². The number of para-hydroxylation sites is 4. The van der Waals surface area contributed by atoms with Gasteiger partial charge in [-0.2, -0.15) is 0 Å².